The SMILES string of the molecule is CN(CCCN1CCC1)C(=O)Nc1cc(Oc2ccc(N)cc2F)ncn1. The van der Waals surface area contributed by atoms with Gasteiger partial charge in [0.05, 0.1) is 0 Å². The number of likely N-dealkylation sites (tertiary alicyclic amines) is 1. The summed E-state index contributed by atoms with van der Waals surface area (Å²) < 4.78 is 19.2. The van der Waals surface area contributed by atoms with Gasteiger partial charge in [0.15, 0.2) is 11.6 Å². The van der Waals surface area contributed by atoms with Crippen LogP contribution in [0.25, 0.3) is 0 Å². The van der Waals surface area contributed by atoms with E-state index in [1.165, 1.54) is 30.9 Å². The monoisotopic (exact) mass is 374 g/mol. The second-order valence-corrected chi connectivity index (χ2v) is 6.43. The fourth-order valence-corrected chi connectivity index (χ4v) is 2.62. The second-order valence-electron chi connectivity index (χ2n) is 6.43. The van der Waals surface area contributed by atoms with Crippen molar-refractivity contribution in [3.63, 3.8) is 0 Å². The number of nitrogen functional groups attached to an aromatic ring is 1. The summed E-state index contributed by atoms with van der Waals surface area (Å²) in [7, 11) is 1.73. The van der Waals surface area contributed by atoms with Crippen LogP contribution in [0.1, 0.15) is 12.8 Å². The highest BCUT2D eigenvalue weighted by molar-refractivity contribution is 5.88. The number of carbonyl (C=O) groups is 1. The van der Waals surface area contributed by atoms with Crippen molar-refractivity contribution in [3.05, 3.63) is 36.4 Å². The number of urea groups is 1. The number of aromatic nitrogens is 2. The Balaban J connectivity index is 1.53. The van der Waals surface area contributed by atoms with Crippen LogP contribution in [0, 0.1) is 5.82 Å². The minimum absolute atomic E-state index is 0.0108. The lowest BCUT2D eigenvalue weighted by molar-refractivity contribution is 0.171. The van der Waals surface area contributed by atoms with Crippen molar-refractivity contribution < 1.29 is 13.9 Å². The molecule has 0 radical (unpaired) electrons. The lowest BCUT2D eigenvalue weighted by atomic mass is 10.2. The van der Waals surface area contributed by atoms with E-state index in [1.54, 1.807) is 11.9 Å². The second kappa shape index (κ2) is 8.63. The highest BCUT2D eigenvalue weighted by Gasteiger charge is 2.15. The van der Waals surface area contributed by atoms with Crippen molar-refractivity contribution in [1.82, 2.24) is 19.8 Å². The Morgan fingerprint density at radius 2 is 2.19 bits per heavy atom. The predicted molar refractivity (Wildman–Crippen MR) is 100 cm³/mol. The van der Waals surface area contributed by atoms with Crippen molar-refractivity contribution in [2.45, 2.75) is 12.8 Å². The number of benzene rings is 1. The molecule has 0 spiro atoms. The standard InChI is InChI=1S/C18H23FN6O2/c1-24(6-2-7-25-8-3-9-25)18(26)23-16-11-17(22-12-21-16)27-15-5-4-13(20)10-14(15)19/h4-5,10-12H,2-3,6-9,20H2,1H3,(H,21,22,23,26). The zero-order valence-corrected chi connectivity index (χ0v) is 15.2. The Bertz CT molecular complexity index is 799. The largest absolute Gasteiger partial charge is 0.436 e. The van der Waals surface area contributed by atoms with Crippen LogP contribution in [0.5, 0.6) is 11.6 Å². The van der Waals surface area contributed by atoms with E-state index in [-0.39, 0.29) is 23.5 Å². The molecule has 0 atom stereocenters. The Morgan fingerprint density at radius 3 is 2.89 bits per heavy atom. The molecule has 144 valence electrons. The van der Waals surface area contributed by atoms with Crippen molar-refractivity contribution in [2.24, 2.45) is 0 Å². The zero-order chi connectivity index (χ0) is 19.2. The minimum Gasteiger partial charge on any atom is -0.436 e. The molecule has 2 amide bonds. The topological polar surface area (TPSA) is 96.6 Å². The third-order valence-corrected chi connectivity index (χ3v) is 4.31. The summed E-state index contributed by atoms with van der Waals surface area (Å²) >= 11 is 0. The first-order valence-corrected chi connectivity index (χ1v) is 8.80. The van der Waals surface area contributed by atoms with Gasteiger partial charge in [-0.15, -0.1) is 0 Å². The molecule has 2 aromatic rings. The molecule has 1 aromatic heterocycles. The maximum absolute atomic E-state index is 13.8. The Morgan fingerprint density at radius 1 is 1.37 bits per heavy atom. The maximum Gasteiger partial charge on any atom is 0.322 e. The van der Waals surface area contributed by atoms with Crippen LogP contribution in [0.15, 0.2) is 30.6 Å². The first-order chi connectivity index (χ1) is 13.0. The summed E-state index contributed by atoms with van der Waals surface area (Å²) in [5.41, 5.74) is 5.81. The quantitative estimate of drug-likeness (QED) is 0.723. The van der Waals surface area contributed by atoms with Gasteiger partial charge in [-0.25, -0.2) is 19.2 Å². The van der Waals surface area contributed by atoms with Crippen molar-refractivity contribution in [1.29, 1.82) is 0 Å². The number of hydrogen-bond donors (Lipinski definition) is 2. The third kappa shape index (κ3) is 5.27. The minimum atomic E-state index is -0.596. The van der Waals surface area contributed by atoms with Gasteiger partial charge in [0.25, 0.3) is 0 Å². The Hall–Kier alpha value is -2.94. The van der Waals surface area contributed by atoms with Gasteiger partial charge < -0.3 is 20.3 Å². The Kier molecular flexibility index (Phi) is 6.02. The van der Waals surface area contributed by atoms with Crippen LogP contribution in [0.4, 0.5) is 20.7 Å². The van der Waals surface area contributed by atoms with Crippen LogP contribution < -0.4 is 15.8 Å². The molecule has 0 aliphatic carbocycles. The molecule has 27 heavy (non-hydrogen) atoms. The predicted octanol–water partition coefficient (Wildman–Crippen LogP) is 2.55. The van der Waals surface area contributed by atoms with Gasteiger partial charge in [0.1, 0.15) is 12.1 Å². The average Bonchev–Trinajstić information content (AvgIpc) is 2.59. The molecule has 0 saturated carbocycles. The first-order valence-electron chi connectivity index (χ1n) is 8.80. The van der Waals surface area contributed by atoms with Crippen LogP contribution in [0.2, 0.25) is 0 Å². The molecule has 1 fully saturated rings. The van der Waals surface area contributed by atoms with E-state index in [0.717, 1.165) is 32.1 Å². The molecule has 1 aliphatic heterocycles. The number of nitrogens with two attached hydrogens (primary N) is 1. The molecule has 2 heterocycles. The summed E-state index contributed by atoms with van der Waals surface area (Å²) in [6.45, 7) is 3.94. The molecule has 1 aliphatic rings. The normalized spacial score (nSPS) is 13.7. The van der Waals surface area contributed by atoms with E-state index in [9.17, 15) is 9.18 Å². The zero-order valence-electron chi connectivity index (χ0n) is 15.2. The molecule has 1 saturated heterocycles. The van der Waals surface area contributed by atoms with Gasteiger partial charge in [-0.1, -0.05) is 0 Å². The molecular formula is C18H23FN6O2. The van der Waals surface area contributed by atoms with Gasteiger partial charge in [0, 0.05) is 31.4 Å². The summed E-state index contributed by atoms with van der Waals surface area (Å²) in [6, 6.07) is 5.26. The van der Waals surface area contributed by atoms with E-state index in [4.69, 9.17) is 10.5 Å². The van der Waals surface area contributed by atoms with Crippen LogP contribution in [-0.4, -0.2) is 59.0 Å². The number of carbonyl (C=O) groups excluding carboxylic acids is 1. The summed E-state index contributed by atoms with van der Waals surface area (Å²) in [5.74, 6) is -0.218. The van der Waals surface area contributed by atoms with Gasteiger partial charge in [0.2, 0.25) is 5.88 Å². The van der Waals surface area contributed by atoms with Gasteiger partial charge in [-0.05, 0) is 44.6 Å². The Labute approximate surface area is 157 Å². The molecule has 0 unspecified atom stereocenters. The maximum atomic E-state index is 13.8. The molecular weight excluding hydrogens is 351 g/mol. The number of anilines is 2. The number of amides is 2. The number of hydrogen-bond acceptors (Lipinski definition) is 6. The highest BCUT2D eigenvalue weighted by atomic mass is 19.1. The van der Waals surface area contributed by atoms with Crippen molar-refractivity contribution in [2.75, 3.05) is 44.3 Å². The number of nitrogens with zero attached hydrogens (tertiary/aromatic N) is 4. The lowest BCUT2D eigenvalue weighted by Crippen LogP contribution is -2.40. The van der Waals surface area contributed by atoms with Crippen molar-refractivity contribution >= 4 is 17.5 Å². The highest BCUT2D eigenvalue weighted by Crippen LogP contribution is 2.25. The smallest absolute Gasteiger partial charge is 0.322 e. The number of halogens is 1. The van der Waals surface area contributed by atoms with E-state index >= 15 is 0 Å². The van der Waals surface area contributed by atoms with Gasteiger partial charge >= 0.3 is 6.03 Å². The van der Waals surface area contributed by atoms with E-state index in [0.29, 0.717) is 12.2 Å². The van der Waals surface area contributed by atoms with E-state index in [2.05, 4.69) is 20.2 Å². The molecule has 0 bridgehead atoms. The summed E-state index contributed by atoms with van der Waals surface area (Å²) in [6.07, 6.45) is 3.41. The van der Waals surface area contributed by atoms with E-state index < -0.39 is 5.82 Å². The fourth-order valence-electron chi connectivity index (χ4n) is 2.62. The lowest BCUT2D eigenvalue weighted by Gasteiger charge is -2.31. The molecule has 1 aromatic carbocycles. The molecule has 8 nitrogen and oxygen atoms in total. The van der Waals surface area contributed by atoms with Crippen LogP contribution in [-0.2, 0) is 0 Å². The van der Waals surface area contributed by atoms with Crippen LogP contribution >= 0.6 is 0 Å². The average molecular weight is 374 g/mol. The van der Waals surface area contributed by atoms with Crippen LogP contribution in [0.3, 0.4) is 0 Å². The molecule has 3 N–H and O–H groups in total. The van der Waals surface area contributed by atoms with E-state index in [1.807, 2.05) is 0 Å². The summed E-state index contributed by atoms with van der Waals surface area (Å²) in [4.78, 5) is 24.1. The van der Waals surface area contributed by atoms with Crippen molar-refractivity contribution in [3.8, 4) is 11.6 Å². The van der Waals surface area contributed by atoms with Gasteiger partial charge in [-0.3, -0.25) is 5.32 Å². The first kappa shape index (κ1) is 18.8. The number of nitrogens with one attached hydrogen (secondary N) is 1. The molecule has 9 heteroatoms. The molecule has 3 rings (SSSR count). The van der Waals surface area contributed by atoms with Gasteiger partial charge in [-0.2, -0.15) is 0 Å². The summed E-state index contributed by atoms with van der Waals surface area (Å²) in [5, 5.41) is 2.69. The third-order valence-electron chi connectivity index (χ3n) is 4.31. The number of rotatable bonds is 7. The number of ether oxygens (including phenoxy) is 1. The fraction of sp³-hybridized carbons (Fsp3) is 0.389.